The third-order valence-electron chi connectivity index (χ3n) is 2.81. The molecule has 0 aliphatic heterocycles. The second kappa shape index (κ2) is 6.04. The normalized spacial score (nSPS) is 10.4. The van der Waals surface area contributed by atoms with Crippen LogP contribution in [-0.2, 0) is 6.42 Å². The van der Waals surface area contributed by atoms with Crippen molar-refractivity contribution in [1.82, 2.24) is 9.97 Å². The number of ether oxygens (including phenoxy) is 1. The van der Waals surface area contributed by atoms with Crippen molar-refractivity contribution in [2.45, 2.75) is 26.2 Å². The minimum absolute atomic E-state index is 0.0161. The number of nitrogens with zero attached hydrogens (tertiary/aromatic N) is 1. The molecule has 0 aliphatic carbocycles. The zero-order chi connectivity index (χ0) is 13.7. The van der Waals surface area contributed by atoms with Gasteiger partial charge in [-0.2, -0.15) is 0 Å². The fourth-order valence-electron chi connectivity index (χ4n) is 1.69. The number of unbranched alkanes of at least 4 members (excludes halogenated alkanes) is 1. The van der Waals surface area contributed by atoms with Crippen molar-refractivity contribution in [3.05, 3.63) is 46.5 Å². The number of aryl methyl sites for hydroxylation is 1. The van der Waals surface area contributed by atoms with Crippen LogP contribution < -0.4 is 16.0 Å². The molecule has 19 heavy (non-hydrogen) atoms. The SMILES string of the molecule is CCCCc1ccc(Oc2nc[nH]c(=O)c2N)cc1. The fourth-order valence-corrected chi connectivity index (χ4v) is 1.69. The van der Waals surface area contributed by atoms with Crippen molar-refractivity contribution < 1.29 is 4.74 Å². The number of hydrogen-bond donors (Lipinski definition) is 2. The Hall–Kier alpha value is -2.30. The van der Waals surface area contributed by atoms with Crippen LogP contribution in [0.4, 0.5) is 5.69 Å². The Labute approximate surface area is 111 Å². The van der Waals surface area contributed by atoms with E-state index in [4.69, 9.17) is 10.5 Å². The minimum atomic E-state index is -0.399. The number of anilines is 1. The van der Waals surface area contributed by atoms with Crippen molar-refractivity contribution >= 4 is 5.69 Å². The van der Waals surface area contributed by atoms with E-state index in [0.29, 0.717) is 5.75 Å². The van der Waals surface area contributed by atoms with E-state index < -0.39 is 5.56 Å². The van der Waals surface area contributed by atoms with Crippen LogP contribution in [0.2, 0.25) is 0 Å². The van der Waals surface area contributed by atoms with Crippen molar-refractivity contribution in [2.75, 3.05) is 5.73 Å². The number of aromatic nitrogens is 2. The molecular formula is C14H17N3O2. The smallest absolute Gasteiger partial charge is 0.277 e. The number of benzene rings is 1. The number of H-pyrrole nitrogens is 1. The lowest BCUT2D eigenvalue weighted by Crippen LogP contribution is -2.13. The maximum absolute atomic E-state index is 11.3. The molecule has 0 amide bonds. The highest BCUT2D eigenvalue weighted by molar-refractivity contribution is 5.47. The second-order valence-corrected chi connectivity index (χ2v) is 4.30. The van der Waals surface area contributed by atoms with Crippen LogP contribution in [0.5, 0.6) is 11.6 Å². The van der Waals surface area contributed by atoms with Gasteiger partial charge in [0.05, 0.1) is 6.33 Å². The molecule has 0 atom stereocenters. The van der Waals surface area contributed by atoms with E-state index in [1.54, 1.807) is 0 Å². The molecule has 5 heteroatoms. The quantitative estimate of drug-likeness (QED) is 0.864. The summed E-state index contributed by atoms with van der Waals surface area (Å²) in [4.78, 5) is 17.6. The summed E-state index contributed by atoms with van der Waals surface area (Å²) in [5, 5.41) is 0. The van der Waals surface area contributed by atoms with Crippen LogP contribution in [0.15, 0.2) is 35.4 Å². The Bertz CT molecular complexity index is 590. The Balaban J connectivity index is 2.11. The van der Waals surface area contributed by atoms with Crippen LogP contribution in [0.3, 0.4) is 0 Å². The lowest BCUT2D eigenvalue weighted by atomic mass is 10.1. The van der Waals surface area contributed by atoms with Gasteiger partial charge in [-0.25, -0.2) is 4.98 Å². The molecular weight excluding hydrogens is 242 g/mol. The summed E-state index contributed by atoms with van der Waals surface area (Å²) in [6.45, 7) is 2.17. The van der Waals surface area contributed by atoms with Gasteiger partial charge in [0.1, 0.15) is 5.75 Å². The van der Waals surface area contributed by atoms with E-state index in [0.717, 1.165) is 6.42 Å². The van der Waals surface area contributed by atoms with Gasteiger partial charge in [0.2, 0.25) is 5.88 Å². The summed E-state index contributed by atoms with van der Waals surface area (Å²) in [5.74, 6) is 0.745. The van der Waals surface area contributed by atoms with Crippen molar-refractivity contribution in [2.24, 2.45) is 0 Å². The van der Waals surface area contributed by atoms with Crippen molar-refractivity contribution in [3.63, 3.8) is 0 Å². The molecule has 0 fully saturated rings. The van der Waals surface area contributed by atoms with Gasteiger partial charge >= 0.3 is 0 Å². The van der Waals surface area contributed by atoms with E-state index in [1.165, 1.54) is 24.7 Å². The summed E-state index contributed by atoms with van der Waals surface area (Å²) in [5.41, 5.74) is 6.44. The third kappa shape index (κ3) is 3.34. The summed E-state index contributed by atoms with van der Waals surface area (Å²) in [7, 11) is 0. The van der Waals surface area contributed by atoms with Crippen LogP contribution in [0.1, 0.15) is 25.3 Å². The number of aromatic amines is 1. The van der Waals surface area contributed by atoms with E-state index in [2.05, 4.69) is 16.9 Å². The van der Waals surface area contributed by atoms with Gasteiger partial charge in [0.25, 0.3) is 5.56 Å². The summed E-state index contributed by atoms with van der Waals surface area (Å²) in [6.07, 6.45) is 4.67. The molecule has 2 rings (SSSR count). The predicted octanol–water partition coefficient (Wildman–Crippen LogP) is 2.49. The third-order valence-corrected chi connectivity index (χ3v) is 2.81. The molecule has 0 saturated heterocycles. The first-order valence-electron chi connectivity index (χ1n) is 6.30. The first-order valence-corrected chi connectivity index (χ1v) is 6.30. The average Bonchev–Trinajstić information content (AvgIpc) is 2.43. The van der Waals surface area contributed by atoms with Gasteiger partial charge < -0.3 is 15.5 Å². The molecule has 0 spiro atoms. The molecule has 0 aliphatic rings. The lowest BCUT2D eigenvalue weighted by Gasteiger charge is -2.07. The Morgan fingerprint density at radius 2 is 2.05 bits per heavy atom. The maximum Gasteiger partial charge on any atom is 0.277 e. The van der Waals surface area contributed by atoms with Gasteiger partial charge in [0, 0.05) is 0 Å². The van der Waals surface area contributed by atoms with Gasteiger partial charge in [-0.1, -0.05) is 25.5 Å². The van der Waals surface area contributed by atoms with E-state index >= 15 is 0 Å². The van der Waals surface area contributed by atoms with Crippen LogP contribution in [0, 0.1) is 0 Å². The van der Waals surface area contributed by atoms with Gasteiger partial charge in [-0.15, -0.1) is 0 Å². The largest absolute Gasteiger partial charge is 0.437 e. The summed E-state index contributed by atoms with van der Waals surface area (Å²) >= 11 is 0. The first-order chi connectivity index (χ1) is 9.20. The molecule has 5 nitrogen and oxygen atoms in total. The maximum atomic E-state index is 11.3. The molecule has 1 aromatic carbocycles. The number of hydrogen-bond acceptors (Lipinski definition) is 4. The summed E-state index contributed by atoms with van der Waals surface area (Å²) in [6, 6.07) is 7.73. The van der Waals surface area contributed by atoms with E-state index in [1.807, 2.05) is 24.3 Å². The van der Waals surface area contributed by atoms with Crippen molar-refractivity contribution in [1.29, 1.82) is 0 Å². The molecule has 0 saturated carbocycles. The second-order valence-electron chi connectivity index (χ2n) is 4.30. The van der Waals surface area contributed by atoms with E-state index in [-0.39, 0.29) is 11.6 Å². The Morgan fingerprint density at radius 3 is 2.74 bits per heavy atom. The molecule has 2 aromatic rings. The summed E-state index contributed by atoms with van der Waals surface area (Å²) < 4.78 is 5.49. The number of nitrogen functional groups attached to an aromatic ring is 1. The topological polar surface area (TPSA) is 81.0 Å². The Morgan fingerprint density at radius 1 is 1.32 bits per heavy atom. The molecule has 3 N–H and O–H groups in total. The van der Waals surface area contributed by atoms with Crippen molar-refractivity contribution in [3.8, 4) is 11.6 Å². The molecule has 1 aromatic heterocycles. The first kappa shape index (κ1) is 13.1. The molecule has 100 valence electrons. The molecule has 1 heterocycles. The standard InChI is InChI=1S/C14H17N3O2/c1-2-3-4-10-5-7-11(8-6-10)19-14-12(15)13(18)16-9-17-14/h5-9H,2-4,15H2,1H3,(H,16,17,18). The van der Waals surface area contributed by atoms with Crippen LogP contribution >= 0.6 is 0 Å². The predicted molar refractivity (Wildman–Crippen MR) is 74.4 cm³/mol. The highest BCUT2D eigenvalue weighted by atomic mass is 16.5. The van der Waals surface area contributed by atoms with Crippen LogP contribution in [-0.4, -0.2) is 9.97 Å². The highest BCUT2D eigenvalue weighted by Gasteiger charge is 2.06. The minimum Gasteiger partial charge on any atom is -0.437 e. The number of rotatable bonds is 5. The Kier molecular flexibility index (Phi) is 4.18. The molecule has 0 bridgehead atoms. The lowest BCUT2D eigenvalue weighted by molar-refractivity contribution is 0.463. The zero-order valence-corrected chi connectivity index (χ0v) is 10.8. The van der Waals surface area contributed by atoms with Gasteiger partial charge in [-0.3, -0.25) is 4.79 Å². The molecule has 0 radical (unpaired) electrons. The van der Waals surface area contributed by atoms with Gasteiger partial charge in [-0.05, 0) is 30.5 Å². The number of nitrogens with two attached hydrogens (primary N) is 1. The fraction of sp³-hybridized carbons (Fsp3) is 0.286. The van der Waals surface area contributed by atoms with E-state index in [9.17, 15) is 4.79 Å². The zero-order valence-electron chi connectivity index (χ0n) is 10.8. The molecule has 0 unspecified atom stereocenters. The number of nitrogens with one attached hydrogen (secondary N) is 1. The van der Waals surface area contributed by atoms with Crippen LogP contribution in [0.25, 0.3) is 0 Å². The monoisotopic (exact) mass is 259 g/mol. The highest BCUT2D eigenvalue weighted by Crippen LogP contribution is 2.22. The van der Waals surface area contributed by atoms with Gasteiger partial charge in [0.15, 0.2) is 5.69 Å². The average molecular weight is 259 g/mol.